The summed E-state index contributed by atoms with van der Waals surface area (Å²) in [5.74, 6) is 0.291. The van der Waals surface area contributed by atoms with E-state index in [0.717, 1.165) is 0 Å². The van der Waals surface area contributed by atoms with Crippen LogP contribution in [-0.2, 0) is 0 Å². The minimum Gasteiger partial charge on any atom is -0.443 e. The van der Waals surface area contributed by atoms with Gasteiger partial charge in [0.25, 0.3) is 5.91 Å². The van der Waals surface area contributed by atoms with Crippen LogP contribution in [0.2, 0.25) is 5.02 Å². The topological polar surface area (TPSA) is 71.0 Å². The number of nitrogens with one attached hydrogen (secondary N) is 1. The first-order chi connectivity index (χ1) is 11.1. The maximum Gasteiger partial charge on any atom is 0.260 e. The van der Waals surface area contributed by atoms with Crippen molar-refractivity contribution in [3.8, 4) is 12.0 Å². The van der Waals surface area contributed by atoms with Crippen molar-refractivity contribution in [1.29, 1.82) is 5.26 Å². The fourth-order valence-electron chi connectivity index (χ4n) is 2.32. The van der Waals surface area contributed by atoms with Crippen LogP contribution in [-0.4, -0.2) is 10.5 Å². The molecule has 0 atom stereocenters. The molecule has 5 nitrogen and oxygen atoms in total. The molecule has 2 heterocycles. The van der Waals surface area contributed by atoms with E-state index in [2.05, 4.69) is 5.32 Å². The highest BCUT2D eigenvalue weighted by atomic mass is 35.5. The van der Waals surface area contributed by atoms with E-state index < -0.39 is 5.91 Å². The molecule has 1 N–H and O–H groups in total. The number of rotatable bonds is 3. The predicted molar refractivity (Wildman–Crippen MR) is 86.9 cm³/mol. The zero-order chi connectivity index (χ0) is 16.4. The molecule has 0 bridgehead atoms. The number of carbonyl (C=O) groups is 1. The third-order valence-electron chi connectivity index (χ3n) is 3.33. The van der Waals surface area contributed by atoms with Gasteiger partial charge < -0.3 is 9.73 Å². The maximum atomic E-state index is 12.5. The van der Waals surface area contributed by atoms with Crippen molar-refractivity contribution in [3.63, 3.8) is 0 Å². The standard InChI is InChI=1S/C17H12ClN3O2/c1-11-15(16(22)20-13-6-4-5-12(18)9-13)14(10-19)17(23-11)21-7-2-3-8-21/h2-9H,1H3,(H,20,22). The normalized spacial score (nSPS) is 10.3. The van der Waals surface area contributed by atoms with Crippen molar-refractivity contribution in [2.45, 2.75) is 6.92 Å². The molecule has 0 aliphatic carbocycles. The van der Waals surface area contributed by atoms with Gasteiger partial charge in [-0.25, -0.2) is 0 Å². The fraction of sp³-hybridized carbons (Fsp3) is 0.0588. The van der Waals surface area contributed by atoms with Crippen molar-refractivity contribution in [3.05, 3.63) is 70.7 Å². The molecule has 23 heavy (non-hydrogen) atoms. The number of halogens is 1. The Morgan fingerprint density at radius 1 is 1.30 bits per heavy atom. The molecule has 0 fully saturated rings. The number of anilines is 1. The summed E-state index contributed by atoms with van der Waals surface area (Å²) in [6, 6.07) is 12.5. The fourth-order valence-corrected chi connectivity index (χ4v) is 2.51. The minimum absolute atomic E-state index is 0.193. The highest BCUT2D eigenvalue weighted by molar-refractivity contribution is 6.31. The molecule has 1 aromatic carbocycles. The molecule has 3 aromatic rings. The molecule has 0 unspecified atom stereocenters. The number of aromatic nitrogens is 1. The van der Waals surface area contributed by atoms with Gasteiger partial charge in [-0.3, -0.25) is 9.36 Å². The van der Waals surface area contributed by atoms with Crippen LogP contribution in [0.15, 0.2) is 53.2 Å². The van der Waals surface area contributed by atoms with Gasteiger partial charge in [-0.05, 0) is 37.3 Å². The van der Waals surface area contributed by atoms with Gasteiger partial charge in [-0.2, -0.15) is 5.26 Å². The zero-order valence-corrected chi connectivity index (χ0v) is 13.0. The number of amides is 1. The Balaban J connectivity index is 2.00. The van der Waals surface area contributed by atoms with Crippen LogP contribution in [0.4, 0.5) is 5.69 Å². The Kier molecular flexibility index (Phi) is 3.92. The van der Waals surface area contributed by atoms with E-state index >= 15 is 0 Å². The Labute approximate surface area is 137 Å². The van der Waals surface area contributed by atoms with Crippen LogP contribution in [0.3, 0.4) is 0 Å². The average Bonchev–Trinajstić information content (AvgIpc) is 3.13. The zero-order valence-electron chi connectivity index (χ0n) is 12.2. The third kappa shape index (κ3) is 2.85. The molecule has 0 spiro atoms. The van der Waals surface area contributed by atoms with E-state index in [1.54, 1.807) is 48.1 Å². The summed E-state index contributed by atoms with van der Waals surface area (Å²) in [5, 5.41) is 12.7. The van der Waals surface area contributed by atoms with Gasteiger partial charge >= 0.3 is 0 Å². The molecule has 3 rings (SSSR count). The summed E-state index contributed by atoms with van der Waals surface area (Å²) in [7, 11) is 0. The van der Waals surface area contributed by atoms with Crippen LogP contribution < -0.4 is 5.32 Å². The van der Waals surface area contributed by atoms with Gasteiger partial charge in [0.2, 0.25) is 5.88 Å². The van der Waals surface area contributed by atoms with Crippen molar-refractivity contribution < 1.29 is 9.21 Å². The summed E-state index contributed by atoms with van der Waals surface area (Å²) >= 11 is 5.91. The molecule has 6 heteroatoms. The molecule has 114 valence electrons. The molecule has 0 aliphatic rings. The molecule has 0 saturated carbocycles. The average molecular weight is 326 g/mol. The summed E-state index contributed by atoms with van der Waals surface area (Å²) < 4.78 is 7.27. The lowest BCUT2D eigenvalue weighted by Gasteiger charge is -2.05. The van der Waals surface area contributed by atoms with Crippen molar-refractivity contribution in [1.82, 2.24) is 4.57 Å². The summed E-state index contributed by atoms with van der Waals surface area (Å²) in [6.45, 7) is 1.65. The Morgan fingerprint density at radius 3 is 2.70 bits per heavy atom. The molecule has 0 radical (unpaired) electrons. The number of hydrogen-bond acceptors (Lipinski definition) is 3. The molecular formula is C17H12ClN3O2. The molecular weight excluding hydrogens is 314 g/mol. The van der Waals surface area contributed by atoms with E-state index in [0.29, 0.717) is 22.4 Å². The number of carbonyl (C=O) groups excluding carboxylic acids is 1. The van der Waals surface area contributed by atoms with Crippen LogP contribution in [0.1, 0.15) is 21.7 Å². The first-order valence-corrected chi connectivity index (χ1v) is 7.21. The molecule has 1 amide bonds. The number of nitriles is 1. The third-order valence-corrected chi connectivity index (χ3v) is 3.56. The van der Waals surface area contributed by atoms with Crippen LogP contribution >= 0.6 is 11.6 Å². The SMILES string of the molecule is Cc1oc(-n2cccc2)c(C#N)c1C(=O)Nc1cccc(Cl)c1. The van der Waals surface area contributed by atoms with Gasteiger partial charge in [-0.15, -0.1) is 0 Å². The summed E-state index contributed by atoms with van der Waals surface area (Å²) in [5.41, 5.74) is 0.962. The van der Waals surface area contributed by atoms with Gasteiger partial charge in [-0.1, -0.05) is 17.7 Å². The molecule has 0 saturated heterocycles. The van der Waals surface area contributed by atoms with Crippen molar-refractivity contribution >= 4 is 23.2 Å². The van der Waals surface area contributed by atoms with E-state index in [1.807, 2.05) is 18.2 Å². The second-order valence-electron chi connectivity index (χ2n) is 4.88. The Hall–Kier alpha value is -2.97. The number of nitrogens with zero attached hydrogens (tertiary/aromatic N) is 2. The van der Waals surface area contributed by atoms with E-state index in [9.17, 15) is 10.1 Å². The Morgan fingerprint density at radius 2 is 2.04 bits per heavy atom. The van der Waals surface area contributed by atoms with Gasteiger partial charge in [0.15, 0.2) is 0 Å². The minimum atomic E-state index is -0.413. The Bertz CT molecular complexity index is 905. The van der Waals surface area contributed by atoms with E-state index in [-0.39, 0.29) is 11.1 Å². The van der Waals surface area contributed by atoms with Crippen molar-refractivity contribution in [2.75, 3.05) is 5.32 Å². The van der Waals surface area contributed by atoms with Gasteiger partial charge in [0.05, 0.1) is 0 Å². The lowest BCUT2D eigenvalue weighted by molar-refractivity contribution is 0.102. The second-order valence-corrected chi connectivity index (χ2v) is 5.32. The van der Waals surface area contributed by atoms with Crippen LogP contribution in [0.25, 0.3) is 5.88 Å². The smallest absolute Gasteiger partial charge is 0.260 e. The highest BCUT2D eigenvalue weighted by Gasteiger charge is 2.24. The van der Waals surface area contributed by atoms with Crippen molar-refractivity contribution in [2.24, 2.45) is 0 Å². The molecule has 0 aliphatic heterocycles. The maximum absolute atomic E-state index is 12.5. The van der Waals surface area contributed by atoms with Crippen LogP contribution in [0.5, 0.6) is 0 Å². The first-order valence-electron chi connectivity index (χ1n) is 6.84. The van der Waals surface area contributed by atoms with E-state index in [1.165, 1.54) is 0 Å². The number of aryl methyl sites for hydroxylation is 1. The van der Waals surface area contributed by atoms with Gasteiger partial charge in [0.1, 0.15) is 23.0 Å². The number of furan rings is 1. The number of benzene rings is 1. The lowest BCUT2D eigenvalue weighted by atomic mass is 10.1. The summed E-state index contributed by atoms with van der Waals surface area (Å²) in [4.78, 5) is 12.5. The quantitative estimate of drug-likeness (QED) is 0.786. The van der Waals surface area contributed by atoms with E-state index in [4.69, 9.17) is 16.0 Å². The lowest BCUT2D eigenvalue weighted by Crippen LogP contribution is -2.13. The summed E-state index contributed by atoms with van der Waals surface area (Å²) in [6.07, 6.45) is 3.50. The second kappa shape index (κ2) is 6.03. The largest absolute Gasteiger partial charge is 0.443 e. The monoisotopic (exact) mass is 325 g/mol. The number of hydrogen-bond donors (Lipinski definition) is 1. The van der Waals surface area contributed by atoms with Crippen LogP contribution in [0, 0.1) is 18.3 Å². The van der Waals surface area contributed by atoms with Gasteiger partial charge in [0, 0.05) is 23.1 Å². The first kappa shape index (κ1) is 14.9. The predicted octanol–water partition coefficient (Wildman–Crippen LogP) is 4.16. The molecule has 2 aromatic heterocycles. The highest BCUT2D eigenvalue weighted by Crippen LogP contribution is 2.26.